The van der Waals surface area contributed by atoms with Gasteiger partial charge in [0.05, 0.1) is 0 Å². The molecule has 0 spiro atoms. The van der Waals surface area contributed by atoms with E-state index in [1.54, 1.807) is 0 Å². The average molecular weight is 201 g/mol. The Morgan fingerprint density at radius 1 is 1.29 bits per heavy atom. The van der Waals surface area contributed by atoms with Gasteiger partial charge in [0.25, 0.3) is 6.08 Å². The summed E-state index contributed by atoms with van der Waals surface area (Å²) in [6, 6.07) is 3.81. The van der Waals surface area contributed by atoms with Gasteiger partial charge in [-0.1, -0.05) is 12.1 Å². The molecule has 1 aromatic rings. The fraction of sp³-hybridized carbons (Fsp3) is 0.111. The van der Waals surface area contributed by atoms with Gasteiger partial charge in [0.15, 0.2) is 11.5 Å². The summed E-state index contributed by atoms with van der Waals surface area (Å²) in [5.74, 6) is -1.03. The molecule has 5 heteroatoms. The third-order valence-corrected chi connectivity index (χ3v) is 1.77. The fourth-order valence-corrected chi connectivity index (χ4v) is 1.06. The number of hydrogen-bond donors (Lipinski definition) is 3. The highest BCUT2D eigenvalue weighted by Gasteiger charge is 2.13. The van der Waals surface area contributed by atoms with Gasteiger partial charge >= 0.3 is 0 Å². The van der Waals surface area contributed by atoms with E-state index in [9.17, 15) is 13.9 Å². The lowest BCUT2D eigenvalue weighted by Crippen LogP contribution is -2.03. The molecule has 0 radical (unpaired) electrons. The van der Waals surface area contributed by atoms with E-state index in [2.05, 4.69) is 0 Å². The predicted molar refractivity (Wildman–Crippen MR) is 48.0 cm³/mol. The molecule has 3 nitrogen and oxygen atoms in total. The molecule has 0 aliphatic rings. The van der Waals surface area contributed by atoms with Gasteiger partial charge in [0.2, 0.25) is 0 Å². The second kappa shape index (κ2) is 4.06. The van der Waals surface area contributed by atoms with Gasteiger partial charge in [-0.05, 0) is 6.07 Å². The molecule has 0 aliphatic heterocycles. The molecule has 0 amide bonds. The van der Waals surface area contributed by atoms with Gasteiger partial charge in [-0.15, -0.1) is 0 Å². The van der Waals surface area contributed by atoms with E-state index in [1.165, 1.54) is 18.2 Å². The number of phenols is 2. The molecule has 0 aromatic heterocycles. The van der Waals surface area contributed by atoms with Crippen molar-refractivity contribution >= 4 is 5.57 Å². The van der Waals surface area contributed by atoms with Crippen molar-refractivity contribution in [3.8, 4) is 11.5 Å². The SMILES string of the molecule is NCC(=C(F)F)c1cccc(O)c1O. The zero-order valence-electron chi connectivity index (χ0n) is 7.17. The minimum absolute atomic E-state index is 0.146. The Bertz CT molecular complexity index is 373. The summed E-state index contributed by atoms with van der Waals surface area (Å²) in [4.78, 5) is 0. The Kier molecular flexibility index (Phi) is 3.03. The van der Waals surface area contributed by atoms with Crippen molar-refractivity contribution in [2.45, 2.75) is 0 Å². The first-order chi connectivity index (χ1) is 6.57. The Balaban J connectivity index is 3.32. The Hall–Kier alpha value is -1.62. The van der Waals surface area contributed by atoms with Crippen LogP contribution in [0.3, 0.4) is 0 Å². The molecule has 0 saturated carbocycles. The predicted octanol–water partition coefficient (Wildman–Crippen LogP) is 1.66. The third kappa shape index (κ3) is 1.82. The van der Waals surface area contributed by atoms with Gasteiger partial charge in [-0.3, -0.25) is 0 Å². The first-order valence-electron chi connectivity index (χ1n) is 3.83. The van der Waals surface area contributed by atoms with Crippen LogP contribution >= 0.6 is 0 Å². The van der Waals surface area contributed by atoms with Crippen LogP contribution in [0.4, 0.5) is 8.78 Å². The molecule has 0 fully saturated rings. The number of hydrogen-bond acceptors (Lipinski definition) is 3. The zero-order chi connectivity index (χ0) is 10.7. The molecule has 1 rings (SSSR count). The van der Waals surface area contributed by atoms with E-state index in [4.69, 9.17) is 10.8 Å². The minimum Gasteiger partial charge on any atom is -0.504 e. The smallest absolute Gasteiger partial charge is 0.275 e. The monoisotopic (exact) mass is 201 g/mol. The van der Waals surface area contributed by atoms with Crippen LogP contribution in [0.15, 0.2) is 24.3 Å². The Morgan fingerprint density at radius 2 is 1.93 bits per heavy atom. The van der Waals surface area contributed by atoms with Gasteiger partial charge < -0.3 is 15.9 Å². The summed E-state index contributed by atoms with van der Waals surface area (Å²) >= 11 is 0. The van der Waals surface area contributed by atoms with Crippen LogP contribution < -0.4 is 5.73 Å². The van der Waals surface area contributed by atoms with E-state index in [-0.39, 0.29) is 5.56 Å². The number of rotatable bonds is 2. The van der Waals surface area contributed by atoms with Crippen molar-refractivity contribution in [2.24, 2.45) is 5.73 Å². The highest BCUT2D eigenvalue weighted by Crippen LogP contribution is 2.34. The zero-order valence-corrected chi connectivity index (χ0v) is 7.17. The molecule has 0 bridgehead atoms. The number of para-hydroxylation sites is 1. The quantitative estimate of drug-likeness (QED) is 0.637. The second-order valence-electron chi connectivity index (χ2n) is 2.62. The molecule has 0 heterocycles. The maximum absolute atomic E-state index is 12.3. The lowest BCUT2D eigenvalue weighted by molar-refractivity contribution is 0.400. The minimum atomic E-state index is -1.96. The van der Waals surface area contributed by atoms with Crippen molar-refractivity contribution in [3.05, 3.63) is 29.8 Å². The summed E-state index contributed by atoms with van der Waals surface area (Å²) in [5, 5.41) is 18.3. The summed E-state index contributed by atoms with van der Waals surface area (Å²) < 4.78 is 24.6. The number of benzene rings is 1. The standard InChI is InChI=1S/C9H9F2NO2/c10-9(11)6(4-12)5-2-1-3-7(13)8(5)14/h1-3,13-14H,4,12H2. The number of aromatic hydroxyl groups is 2. The third-order valence-electron chi connectivity index (χ3n) is 1.77. The molecule has 0 unspecified atom stereocenters. The van der Waals surface area contributed by atoms with E-state index in [1.807, 2.05) is 0 Å². The normalized spacial score (nSPS) is 9.93. The summed E-state index contributed by atoms with van der Waals surface area (Å²) in [5.41, 5.74) is 4.47. The average Bonchev–Trinajstić information content (AvgIpc) is 2.13. The van der Waals surface area contributed by atoms with Crippen LogP contribution in [0, 0.1) is 0 Å². The fourth-order valence-electron chi connectivity index (χ4n) is 1.06. The van der Waals surface area contributed by atoms with Crippen LogP contribution in [-0.4, -0.2) is 16.8 Å². The van der Waals surface area contributed by atoms with Crippen molar-refractivity contribution in [2.75, 3.05) is 6.54 Å². The van der Waals surface area contributed by atoms with Gasteiger partial charge in [0, 0.05) is 17.7 Å². The Labute approximate surface area is 79.1 Å². The lowest BCUT2D eigenvalue weighted by atomic mass is 10.1. The van der Waals surface area contributed by atoms with Crippen LogP contribution in [0.25, 0.3) is 5.57 Å². The highest BCUT2D eigenvalue weighted by molar-refractivity contribution is 5.74. The maximum atomic E-state index is 12.3. The highest BCUT2D eigenvalue weighted by atomic mass is 19.3. The van der Waals surface area contributed by atoms with Crippen molar-refractivity contribution in [1.29, 1.82) is 0 Å². The molecule has 4 N–H and O–H groups in total. The largest absolute Gasteiger partial charge is 0.504 e. The molecule has 0 atom stereocenters. The molecular weight excluding hydrogens is 192 g/mol. The van der Waals surface area contributed by atoms with Crippen molar-refractivity contribution < 1.29 is 19.0 Å². The maximum Gasteiger partial charge on any atom is 0.275 e. The van der Waals surface area contributed by atoms with E-state index in [0.717, 1.165) is 0 Å². The van der Waals surface area contributed by atoms with Gasteiger partial charge in [0.1, 0.15) is 0 Å². The summed E-state index contributed by atoms with van der Waals surface area (Å²) in [7, 11) is 0. The number of halogens is 2. The van der Waals surface area contributed by atoms with E-state index in [0.29, 0.717) is 0 Å². The van der Waals surface area contributed by atoms with Gasteiger partial charge in [-0.25, -0.2) is 0 Å². The topological polar surface area (TPSA) is 66.5 Å². The molecule has 14 heavy (non-hydrogen) atoms. The number of nitrogens with two attached hydrogens (primary N) is 1. The molecule has 1 aromatic carbocycles. The summed E-state index contributed by atoms with van der Waals surface area (Å²) in [6.45, 7) is -0.403. The lowest BCUT2D eigenvalue weighted by Gasteiger charge is -2.07. The molecule has 76 valence electrons. The van der Waals surface area contributed by atoms with Crippen LogP contribution in [0.1, 0.15) is 5.56 Å². The summed E-state index contributed by atoms with van der Waals surface area (Å²) in [6.07, 6.45) is -1.96. The van der Waals surface area contributed by atoms with Gasteiger partial charge in [-0.2, -0.15) is 8.78 Å². The van der Waals surface area contributed by atoms with E-state index < -0.39 is 29.7 Å². The first-order valence-corrected chi connectivity index (χ1v) is 3.83. The van der Waals surface area contributed by atoms with Crippen LogP contribution in [0.2, 0.25) is 0 Å². The van der Waals surface area contributed by atoms with E-state index >= 15 is 0 Å². The Morgan fingerprint density at radius 3 is 2.43 bits per heavy atom. The first kappa shape index (κ1) is 10.5. The van der Waals surface area contributed by atoms with Crippen molar-refractivity contribution in [3.63, 3.8) is 0 Å². The van der Waals surface area contributed by atoms with Crippen LogP contribution in [-0.2, 0) is 0 Å². The second-order valence-corrected chi connectivity index (χ2v) is 2.62. The van der Waals surface area contributed by atoms with Crippen molar-refractivity contribution in [1.82, 2.24) is 0 Å². The number of phenolic OH excluding ortho intramolecular Hbond substituents is 2. The molecule has 0 saturated heterocycles. The molecule has 0 aliphatic carbocycles. The molecular formula is C9H9F2NO2. The van der Waals surface area contributed by atoms with Crippen LogP contribution in [0.5, 0.6) is 11.5 Å².